The van der Waals surface area contributed by atoms with E-state index in [1.807, 2.05) is 32.0 Å². The van der Waals surface area contributed by atoms with Crippen LogP contribution >= 0.6 is 0 Å². The molecule has 5 rings (SSSR count). The SMILES string of the molecule is COc1cc(C(=O)Nc2cc(C)nn2-c2nc3c(cnn3-c3cccc(C)c3C)c(=O)[nH]2)c([N+](=O)[O-])cc1OC. The number of H-pyrrole nitrogens is 1. The second-order valence-corrected chi connectivity index (χ2v) is 8.92. The average Bonchev–Trinajstić information content (AvgIpc) is 3.52. The summed E-state index contributed by atoms with van der Waals surface area (Å²) in [5.74, 6) is -0.444. The van der Waals surface area contributed by atoms with Crippen LogP contribution in [0.2, 0.25) is 0 Å². The summed E-state index contributed by atoms with van der Waals surface area (Å²) in [4.78, 5) is 44.6. The van der Waals surface area contributed by atoms with Crippen molar-refractivity contribution in [3.8, 4) is 23.1 Å². The van der Waals surface area contributed by atoms with E-state index in [-0.39, 0.29) is 39.9 Å². The molecule has 3 heterocycles. The Morgan fingerprint density at radius 3 is 2.50 bits per heavy atom. The molecule has 0 fully saturated rings. The standard InChI is InChI=1S/C26H24N8O6/c1-13-7-6-8-18(15(13)3)32-23-17(12-27-32)25(36)30-26(29-23)33-22(9-14(2)31-33)28-24(35)16-10-20(39-4)21(40-5)11-19(16)34(37)38/h6-12H,1-5H3,(H,28,35)(H,29,30,36). The third-order valence-corrected chi connectivity index (χ3v) is 6.45. The predicted octanol–water partition coefficient (Wildman–Crippen LogP) is 3.40. The monoisotopic (exact) mass is 544 g/mol. The van der Waals surface area contributed by atoms with Crippen molar-refractivity contribution >= 4 is 28.4 Å². The first-order valence-corrected chi connectivity index (χ1v) is 12.0. The number of carbonyl (C=O) groups is 1. The van der Waals surface area contributed by atoms with Gasteiger partial charge in [0.2, 0.25) is 5.95 Å². The lowest BCUT2D eigenvalue weighted by Crippen LogP contribution is -2.20. The van der Waals surface area contributed by atoms with Crippen molar-refractivity contribution in [2.45, 2.75) is 20.8 Å². The summed E-state index contributed by atoms with van der Waals surface area (Å²) < 4.78 is 13.2. The van der Waals surface area contributed by atoms with Crippen LogP contribution in [0.3, 0.4) is 0 Å². The minimum Gasteiger partial charge on any atom is -0.493 e. The molecule has 0 aliphatic heterocycles. The maximum atomic E-state index is 13.3. The van der Waals surface area contributed by atoms with Gasteiger partial charge in [-0.2, -0.15) is 19.9 Å². The number of aryl methyl sites for hydroxylation is 2. The van der Waals surface area contributed by atoms with Crippen molar-refractivity contribution in [2.24, 2.45) is 0 Å². The van der Waals surface area contributed by atoms with Crippen LogP contribution in [0.5, 0.6) is 11.5 Å². The highest BCUT2D eigenvalue weighted by Gasteiger charge is 2.26. The van der Waals surface area contributed by atoms with Gasteiger partial charge in [0.15, 0.2) is 17.1 Å². The number of nitro benzene ring substituents is 1. The average molecular weight is 545 g/mol. The van der Waals surface area contributed by atoms with Gasteiger partial charge in [0.05, 0.1) is 42.8 Å². The van der Waals surface area contributed by atoms with Crippen molar-refractivity contribution in [1.82, 2.24) is 29.5 Å². The molecule has 0 bridgehead atoms. The van der Waals surface area contributed by atoms with Gasteiger partial charge in [-0.15, -0.1) is 0 Å². The molecule has 14 nitrogen and oxygen atoms in total. The normalized spacial score (nSPS) is 11.0. The van der Waals surface area contributed by atoms with Gasteiger partial charge >= 0.3 is 0 Å². The summed E-state index contributed by atoms with van der Waals surface area (Å²) in [6.07, 6.45) is 1.43. The van der Waals surface area contributed by atoms with E-state index in [4.69, 9.17) is 9.47 Å². The number of nitrogens with zero attached hydrogens (tertiary/aromatic N) is 6. The Morgan fingerprint density at radius 2 is 1.80 bits per heavy atom. The van der Waals surface area contributed by atoms with E-state index in [0.29, 0.717) is 5.69 Å². The number of nitro groups is 1. The molecular weight excluding hydrogens is 520 g/mol. The minimum absolute atomic E-state index is 0.00904. The summed E-state index contributed by atoms with van der Waals surface area (Å²) in [6.45, 7) is 5.60. The van der Waals surface area contributed by atoms with E-state index in [2.05, 4.69) is 25.5 Å². The molecule has 3 aromatic heterocycles. The van der Waals surface area contributed by atoms with Gasteiger partial charge in [0.25, 0.3) is 17.2 Å². The largest absolute Gasteiger partial charge is 0.493 e. The van der Waals surface area contributed by atoms with Crippen LogP contribution < -0.4 is 20.3 Å². The zero-order valence-electron chi connectivity index (χ0n) is 22.2. The van der Waals surface area contributed by atoms with Gasteiger partial charge in [-0.25, -0.2) is 4.68 Å². The zero-order valence-corrected chi connectivity index (χ0v) is 22.2. The summed E-state index contributed by atoms with van der Waals surface area (Å²) in [5, 5.41) is 23.4. The van der Waals surface area contributed by atoms with Crippen LogP contribution in [-0.4, -0.2) is 54.6 Å². The molecule has 0 unspecified atom stereocenters. The lowest BCUT2D eigenvalue weighted by atomic mass is 10.1. The Kier molecular flexibility index (Phi) is 6.51. The highest BCUT2D eigenvalue weighted by atomic mass is 16.6. The number of hydrogen-bond acceptors (Lipinski definition) is 9. The van der Waals surface area contributed by atoms with Crippen LogP contribution in [0, 0.1) is 30.9 Å². The van der Waals surface area contributed by atoms with E-state index in [1.54, 1.807) is 11.6 Å². The summed E-state index contributed by atoms with van der Waals surface area (Å²) in [5.41, 5.74) is 2.33. The number of aromatic amines is 1. The number of ether oxygens (including phenoxy) is 2. The Bertz CT molecular complexity index is 1870. The van der Waals surface area contributed by atoms with Gasteiger partial charge in [-0.3, -0.25) is 24.7 Å². The highest BCUT2D eigenvalue weighted by Crippen LogP contribution is 2.35. The Morgan fingerprint density at radius 1 is 1.07 bits per heavy atom. The molecule has 1 amide bonds. The van der Waals surface area contributed by atoms with E-state index in [1.165, 1.54) is 37.2 Å². The second kappa shape index (κ2) is 9.98. The summed E-state index contributed by atoms with van der Waals surface area (Å²) >= 11 is 0. The molecule has 0 spiro atoms. The lowest BCUT2D eigenvalue weighted by Gasteiger charge is -2.12. The van der Waals surface area contributed by atoms with Crippen LogP contribution in [-0.2, 0) is 0 Å². The fourth-order valence-electron chi connectivity index (χ4n) is 4.28. The van der Waals surface area contributed by atoms with Gasteiger partial charge in [0, 0.05) is 12.1 Å². The Balaban J connectivity index is 1.60. The van der Waals surface area contributed by atoms with E-state index < -0.39 is 22.1 Å². The number of amides is 1. The predicted molar refractivity (Wildman–Crippen MR) is 145 cm³/mol. The Labute approximate surface area is 226 Å². The Hall–Kier alpha value is -5.53. The topological polar surface area (TPSA) is 172 Å². The second-order valence-electron chi connectivity index (χ2n) is 8.92. The van der Waals surface area contributed by atoms with E-state index in [0.717, 1.165) is 22.9 Å². The summed E-state index contributed by atoms with van der Waals surface area (Å²) in [7, 11) is 2.68. The number of rotatable bonds is 7. The van der Waals surface area contributed by atoms with Gasteiger partial charge in [-0.05, 0) is 38.0 Å². The molecule has 204 valence electrons. The van der Waals surface area contributed by atoms with E-state index in [9.17, 15) is 19.7 Å². The maximum absolute atomic E-state index is 13.3. The lowest BCUT2D eigenvalue weighted by molar-refractivity contribution is -0.385. The summed E-state index contributed by atoms with van der Waals surface area (Å²) in [6, 6.07) is 9.59. The third kappa shape index (κ3) is 4.40. The van der Waals surface area contributed by atoms with Crippen LogP contribution in [0.1, 0.15) is 27.2 Å². The molecule has 2 N–H and O–H groups in total. The van der Waals surface area contributed by atoms with Crippen LogP contribution in [0.25, 0.3) is 22.7 Å². The number of fused-ring (bicyclic) bond motifs is 1. The molecule has 0 radical (unpaired) electrons. The van der Waals surface area contributed by atoms with Gasteiger partial charge in [0.1, 0.15) is 16.8 Å². The zero-order chi connectivity index (χ0) is 28.7. The van der Waals surface area contributed by atoms with E-state index >= 15 is 0 Å². The van der Waals surface area contributed by atoms with Crippen molar-refractivity contribution in [3.05, 3.63) is 85.4 Å². The van der Waals surface area contributed by atoms with Crippen molar-refractivity contribution < 1.29 is 19.2 Å². The van der Waals surface area contributed by atoms with Crippen LogP contribution in [0.15, 0.2) is 47.4 Å². The fourth-order valence-corrected chi connectivity index (χ4v) is 4.28. The number of benzene rings is 2. The fraction of sp³-hybridized carbons (Fsp3) is 0.192. The smallest absolute Gasteiger partial charge is 0.286 e. The molecular formula is C26H24N8O6. The molecule has 14 heteroatoms. The molecule has 0 saturated carbocycles. The molecule has 0 atom stereocenters. The number of methoxy groups -OCH3 is 2. The number of carbonyl (C=O) groups excluding carboxylic acids is 1. The van der Waals surface area contributed by atoms with Crippen molar-refractivity contribution in [2.75, 3.05) is 19.5 Å². The minimum atomic E-state index is -0.808. The van der Waals surface area contributed by atoms with Gasteiger partial charge in [-0.1, -0.05) is 12.1 Å². The first kappa shape index (κ1) is 26.1. The van der Waals surface area contributed by atoms with Crippen molar-refractivity contribution in [1.29, 1.82) is 0 Å². The number of nitrogens with one attached hydrogen (secondary N) is 2. The number of hydrogen-bond donors (Lipinski definition) is 2. The molecule has 0 aliphatic carbocycles. The quantitative estimate of drug-likeness (QED) is 0.230. The first-order chi connectivity index (χ1) is 19.1. The third-order valence-electron chi connectivity index (χ3n) is 6.45. The first-order valence-electron chi connectivity index (χ1n) is 12.0. The molecule has 0 aliphatic rings. The number of anilines is 1. The molecule has 5 aromatic rings. The van der Waals surface area contributed by atoms with Gasteiger partial charge < -0.3 is 14.8 Å². The van der Waals surface area contributed by atoms with Crippen molar-refractivity contribution in [3.63, 3.8) is 0 Å². The van der Waals surface area contributed by atoms with Crippen LogP contribution in [0.4, 0.5) is 11.5 Å². The molecule has 40 heavy (non-hydrogen) atoms. The molecule has 2 aromatic carbocycles. The molecule has 0 saturated heterocycles. The maximum Gasteiger partial charge on any atom is 0.286 e. The highest BCUT2D eigenvalue weighted by molar-refractivity contribution is 6.07. The number of aromatic nitrogens is 6.